The van der Waals surface area contributed by atoms with Gasteiger partial charge in [0.15, 0.2) is 0 Å². The molecule has 112 valence electrons. The molecule has 0 bridgehead atoms. The highest BCUT2D eigenvalue weighted by molar-refractivity contribution is 6.09. The Morgan fingerprint density at radius 3 is 2.26 bits per heavy atom. The Hall–Kier alpha value is -2.87. The maximum Gasteiger partial charge on any atom is 0.0730 e. The molecule has 1 heterocycles. The second-order valence-corrected chi connectivity index (χ2v) is 5.89. The summed E-state index contributed by atoms with van der Waals surface area (Å²) >= 11 is 0. The van der Waals surface area contributed by atoms with Crippen LogP contribution in [-0.4, -0.2) is 12.0 Å². The summed E-state index contributed by atoms with van der Waals surface area (Å²) in [6.07, 6.45) is 0. The predicted molar refractivity (Wildman–Crippen MR) is 98.5 cm³/mol. The Balaban J connectivity index is 2.10. The number of benzene rings is 3. The van der Waals surface area contributed by atoms with E-state index < -0.39 is 0 Å². The fourth-order valence-electron chi connectivity index (χ4n) is 3.13. The number of hydrogen-bond donors (Lipinski definition) is 0. The van der Waals surface area contributed by atoms with Crippen LogP contribution in [0.15, 0.2) is 72.8 Å². The molecule has 0 aliphatic carbocycles. The normalized spacial score (nSPS) is 11.0. The molecule has 0 aliphatic rings. The van der Waals surface area contributed by atoms with Crippen LogP contribution in [0, 0.1) is 6.92 Å². The number of anilines is 2. The average molecular weight is 298 g/mol. The summed E-state index contributed by atoms with van der Waals surface area (Å²) in [5.74, 6) is 0. The number of rotatable bonds is 2. The van der Waals surface area contributed by atoms with Gasteiger partial charge in [-0.05, 0) is 37.3 Å². The molecule has 0 unspecified atom stereocenters. The van der Waals surface area contributed by atoms with Gasteiger partial charge in [0.05, 0.1) is 16.7 Å². The van der Waals surface area contributed by atoms with Gasteiger partial charge in [0.2, 0.25) is 0 Å². The van der Waals surface area contributed by atoms with Crippen molar-refractivity contribution in [2.45, 2.75) is 6.92 Å². The SMILES string of the molecule is Cc1ccc2nc3ccccc3c(N(C)c3ccccc3)c2c1. The lowest BCUT2D eigenvalue weighted by Gasteiger charge is -2.23. The zero-order valence-electron chi connectivity index (χ0n) is 13.3. The van der Waals surface area contributed by atoms with Crippen molar-refractivity contribution in [3.8, 4) is 0 Å². The third-order valence-corrected chi connectivity index (χ3v) is 4.29. The number of fused-ring (bicyclic) bond motifs is 2. The molecular formula is C21H18N2. The molecule has 23 heavy (non-hydrogen) atoms. The largest absolute Gasteiger partial charge is 0.344 e. The van der Waals surface area contributed by atoms with E-state index >= 15 is 0 Å². The summed E-state index contributed by atoms with van der Waals surface area (Å²) in [4.78, 5) is 7.08. The van der Waals surface area contributed by atoms with E-state index in [1.54, 1.807) is 0 Å². The van der Waals surface area contributed by atoms with E-state index in [0.717, 1.165) is 11.0 Å². The van der Waals surface area contributed by atoms with E-state index in [1.165, 1.54) is 27.7 Å². The van der Waals surface area contributed by atoms with E-state index in [4.69, 9.17) is 4.98 Å². The van der Waals surface area contributed by atoms with Gasteiger partial charge in [-0.1, -0.05) is 48.0 Å². The number of aryl methyl sites for hydroxylation is 1. The molecular weight excluding hydrogens is 280 g/mol. The summed E-state index contributed by atoms with van der Waals surface area (Å²) in [7, 11) is 2.12. The van der Waals surface area contributed by atoms with Crippen LogP contribution in [0.2, 0.25) is 0 Å². The first-order valence-electron chi connectivity index (χ1n) is 7.82. The van der Waals surface area contributed by atoms with Crippen molar-refractivity contribution in [2.75, 3.05) is 11.9 Å². The van der Waals surface area contributed by atoms with Crippen molar-refractivity contribution < 1.29 is 0 Å². The molecule has 4 rings (SSSR count). The quantitative estimate of drug-likeness (QED) is 0.456. The molecule has 0 amide bonds. The smallest absolute Gasteiger partial charge is 0.0730 e. The van der Waals surface area contributed by atoms with Gasteiger partial charge in [-0.25, -0.2) is 4.98 Å². The lowest BCUT2D eigenvalue weighted by atomic mass is 10.0. The summed E-state index contributed by atoms with van der Waals surface area (Å²) in [6, 6.07) is 25.3. The number of para-hydroxylation sites is 2. The molecule has 2 heteroatoms. The molecule has 0 spiro atoms. The first-order valence-corrected chi connectivity index (χ1v) is 7.82. The Morgan fingerprint density at radius 2 is 1.43 bits per heavy atom. The second kappa shape index (κ2) is 5.40. The van der Waals surface area contributed by atoms with Crippen LogP contribution >= 0.6 is 0 Å². The molecule has 0 fully saturated rings. The summed E-state index contributed by atoms with van der Waals surface area (Å²) in [5, 5.41) is 2.37. The molecule has 4 aromatic rings. The van der Waals surface area contributed by atoms with E-state index in [-0.39, 0.29) is 0 Å². The second-order valence-electron chi connectivity index (χ2n) is 5.89. The Kier molecular flexibility index (Phi) is 3.23. The van der Waals surface area contributed by atoms with E-state index in [2.05, 4.69) is 79.5 Å². The fourth-order valence-corrected chi connectivity index (χ4v) is 3.13. The standard InChI is InChI=1S/C21H18N2/c1-15-12-13-20-18(14-15)21(17-10-6-7-11-19(17)22-20)23(2)16-8-4-3-5-9-16/h3-14H,1-2H3. The molecule has 0 N–H and O–H groups in total. The van der Waals surface area contributed by atoms with E-state index in [1.807, 2.05) is 12.1 Å². The van der Waals surface area contributed by atoms with Gasteiger partial charge in [0.25, 0.3) is 0 Å². The minimum Gasteiger partial charge on any atom is -0.344 e. The van der Waals surface area contributed by atoms with Gasteiger partial charge in [-0.2, -0.15) is 0 Å². The summed E-state index contributed by atoms with van der Waals surface area (Å²) in [6.45, 7) is 2.13. The minimum absolute atomic E-state index is 1.03. The Morgan fingerprint density at radius 1 is 0.739 bits per heavy atom. The van der Waals surface area contributed by atoms with Crippen LogP contribution in [0.4, 0.5) is 11.4 Å². The average Bonchev–Trinajstić information content (AvgIpc) is 2.60. The molecule has 1 aromatic heterocycles. The molecule has 0 atom stereocenters. The highest BCUT2D eigenvalue weighted by Gasteiger charge is 2.14. The molecule has 0 saturated carbocycles. The highest BCUT2D eigenvalue weighted by Crippen LogP contribution is 2.37. The predicted octanol–water partition coefficient (Wildman–Crippen LogP) is 5.46. The number of aromatic nitrogens is 1. The van der Waals surface area contributed by atoms with Crippen molar-refractivity contribution in [1.82, 2.24) is 4.98 Å². The number of pyridine rings is 1. The molecule has 0 saturated heterocycles. The third kappa shape index (κ3) is 2.33. The number of nitrogens with zero attached hydrogens (tertiary/aromatic N) is 2. The van der Waals surface area contributed by atoms with Crippen LogP contribution in [-0.2, 0) is 0 Å². The van der Waals surface area contributed by atoms with Gasteiger partial charge in [0.1, 0.15) is 0 Å². The molecule has 3 aromatic carbocycles. The zero-order valence-corrected chi connectivity index (χ0v) is 13.3. The Bertz CT molecular complexity index is 990. The maximum absolute atomic E-state index is 4.83. The van der Waals surface area contributed by atoms with Gasteiger partial charge in [-0.15, -0.1) is 0 Å². The lowest BCUT2D eigenvalue weighted by Crippen LogP contribution is -2.11. The van der Waals surface area contributed by atoms with E-state index in [0.29, 0.717) is 0 Å². The van der Waals surface area contributed by atoms with Crippen molar-refractivity contribution in [1.29, 1.82) is 0 Å². The van der Waals surface area contributed by atoms with Crippen LogP contribution in [0.5, 0.6) is 0 Å². The molecule has 2 nitrogen and oxygen atoms in total. The first kappa shape index (κ1) is 13.8. The molecule has 0 aliphatic heterocycles. The monoisotopic (exact) mass is 298 g/mol. The van der Waals surface area contributed by atoms with Crippen molar-refractivity contribution >= 4 is 33.2 Å². The number of hydrogen-bond acceptors (Lipinski definition) is 2. The third-order valence-electron chi connectivity index (χ3n) is 4.29. The molecule has 0 radical (unpaired) electrons. The van der Waals surface area contributed by atoms with Gasteiger partial charge in [-0.3, -0.25) is 0 Å². The van der Waals surface area contributed by atoms with Crippen molar-refractivity contribution in [3.05, 3.63) is 78.4 Å². The van der Waals surface area contributed by atoms with Gasteiger partial charge in [0, 0.05) is 23.5 Å². The minimum atomic E-state index is 1.03. The topological polar surface area (TPSA) is 16.1 Å². The summed E-state index contributed by atoms with van der Waals surface area (Å²) in [5.41, 5.74) is 5.69. The lowest BCUT2D eigenvalue weighted by molar-refractivity contribution is 1.23. The maximum atomic E-state index is 4.83. The van der Waals surface area contributed by atoms with Gasteiger partial charge < -0.3 is 4.90 Å². The van der Waals surface area contributed by atoms with Gasteiger partial charge >= 0.3 is 0 Å². The zero-order chi connectivity index (χ0) is 15.8. The van der Waals surface area contributed by atoms with Crippen LogP contribution in [0.1, 0.15) is 5.56 Å². The Labute approximate surface area is 136 Å². The first-order chi connectivity index (χ1) is 11.2. The van der Waals surface area contributed by atoms with Crippen LogP contribution in [0.25, 0.3) is 21.8 Å². The van der Waals surface area contributed by atoms with E-state index in [9.17, 15) is 0 Å². The fraction of sp³-hybridized carbons (Fsp3) is 0.0952. The van der Waals surface area contributed by atoms with Crippen LogP contribution < -0.4 is 4.90 Å². The van der Waals surface area contributed by atoms with Crippen molar-refractivity contribution in [3.63, 3.8) is 0 Å². The van der Waals surface area contributed by atoms with Crippen molar-refractivity contribution in [2.24, 2.45) is 0 Å². The van der Waals surface area contributed by atoms with Crippen LogP contribution in [0.3, 0.4) is 0 Å². The highest BCUT2D eigenvalue weighted by atomic mass is 15.1. The summed E-state index contributed by atoms with van der Waals surface area (Å²) < 4.78 is 0.